The number of nitrogens with zero attached hydrogens (tertiary/aromatic N) is 1. The maximum absolute atomic E-state index is 12.3. The monoisotopic (exact) mass is 392 g/mol. The van der Waals surface area contributed by atoms with Gasteiger partial charge in [-0.3, -0.25) is 9.59 Å². The Morgan fingerprint density at radius 3 is 2.71 bits per heavy atom. The van der Waals surface area contributed by atoms with Crippen LogP contribution in [-0.2, 0) is 9.53 Å². The van der Waals surface area contributed by atoms with Gasteiger partial charge in [-0.05, 0) is 33.6 Å². The molecule has 1 aromatic carbocycles. The smallest absolute Gasteiger partial charge is 0.287 e. The molecule has 1 atom stereocenters. The molecule has 1 N–H and O–H groups in total. The van der Waals surface area contributed by atoms with Crippen molar-refractivity contribution >= 4 is 27.7 Å². The third-order valence-electron chi connectivity index (χ3n) is 3.79. The average molecular weight is 393 g/mol. The van der Waals surface area contributed by atoms with E-state index in [2.05, 4.69) is 21.2 Å². The van der Waals surface area contributed by atoms with E-state index < -0.39 is 5.91 Å². The number of ether oxygens (including phenoxy) is 1. The number of rotatable bonds is 4. The zero-order valence-electron chi connectivity index (χ0n) is 12.9. The van der Waals surface area contributed by atoms with Crippen molar-refractivity contribution in [3.05, 3.63) is 58.5 Å². The molecule has 1 saturated heterocycles. The minimum absolute atomic E-state index is 0.0708. The van der Waals surface area contributed by atoms with Gasteiger partial charge in [-0.25, -0.2) is 0 Å². The highest BCUT2D eigenvalue weighted by Gasteiger charge is 2.25. The first-order chi connectivity index (χ1) is 11.6. The molecule has 1 fully saturated rings. The number of amides is 2. The zero-order valence-corrected chi connectivity index (χ0v) is 14.5. The first kappa shape index (κ1) is 16.7. The van der Waals surface area contributed by atoms with Gasteiger partial charge in [-0.2, -0.15) is 0 Å². The van der Waals surface area contributed by atoms with E-state index in [0.29, 0.717) is 24.4 Å². The van der Waals surface area contributed by atoms with E-state index in [9.17, 15) is 9.59 Å². The lowest BCUT2D eigenvalue weighted by molar-refractivity contribution is -0.137. The summed E-state index contributed by atoms with van der Waals surface area (Å²) >= 11 is 3.14. The molecule has 24 heavy (non-hydrogen) atoms. The van der Waals surface area contributed by atoms with Gasteiger partial charge >= 0.3 is 0 Å². The number of carbonyl (C=O) groups excluding carboxylic acids is 2. The van der Waals surface area contributed by atoms with E-state index in [1.807, 2.05) is 30.3 Å². The predicted molar refractivity (Wildman–Crippen MR) is 90.5 cm³/mol. The number of halogens is 1. The lowest BCUT2D eigenvalue weighted by Crippen LogP contribution is -2.46. The van der Waals surface area contributed by atoms with Crippen molar-refractivity contribution < 1.29 is 18.7 Å². The lowest BCUT2D eigenvalue weighted by atomic mass is 10.1. The third-order valence-corrected chi connectivity index (χ3v) is 4.21. The molecular weight excluding hydrogens is 376 g/mol. The first-order valence-electron chi connectivity index (χ1n) is 7.61. The van der Waals surface area contributed by atoms with Gasteiger partial charge in [0.25, 0.3) is 5.91 Å². The van der Waals surface area contributed by atoms with Crippen molar-refractivity contribution in [3.8, 4) is 0 Å². The van der Waals surface area contributed by atoms with Crippen molar-refractivity contribution in [2.45, 2.75) is 6.10 Å². The fraction of sp³-hybridized carbons (Fsp3) is 0.294. The minimum Gasteiger partial charge on any atom is -0.444 e. The summed E-state index contributed by atoms with van der Waals surface area (Å²) in [5, 5.41) is 2.58. The largest absolute Gasteiger partial charge is 0.444 e. The van der Waals surface area contributed by atoms with Gasteiger partial charge in [0.2, 0.25) is 5.91 Å². The van der Waals surface area contributed by atoms with E-state index in [0.717, 1.165) is 5.56 Å². The molecule has 7 heteroatoms. The molecule has 1 aliphatic rings. The highest BCUT2D eigenvalue weighted by Crippen LogP contribution is 2.21. The van der Waals surface area contributed by atoms with Crippen LogP contribution in [0.25, 0.3) is 0 Å². The van der Waals surface area contributed by atoms with Gasteiger partial charge in [-0.1, -0.05) is 30.3 Å². The molecule has 2 amide bonds. The third kappa shape index (κ3) is 4.04. The van der Waals surface area contributed by atoms with Crippen molar-refractivity contribution in [2.75, 3.05) is 26.2 Å². The Bertz CT molecular complexity index is 716. The van der Waals surface area contributed by atoms with Crippen LogP contribution in [0.4, 0.5) is 0 Å². The number of hydrogen-bond donors (Lipinski definition) is 1. The van der Waals surface area contributed by atoms with Crippen molar-refractivity contribution in [3.63, 3.8) is 0 Å². The average Bonchev–Trinajstić information content (AvgIpc) is 3.07. The summed E-state index contributed by atoms with van der Waals surface area (Å²) in [6.07, 6.45) is -0.138. The maximum Gasteiger partial charge on any atom is 0.287 e. The van der Waals surface area contributed by atoms with E-state index in [1.165, 1.54) is 0 Å². The second-order valence-corrected chi connectivity index (χ2v) is 6.18. The highest BCUT2D eigenvalue weighted by molar-refractivity contribution is 9.10. The van der Waals surface area contributed by atoms with Crippen LogP contribution in [0.2, 0.25) is 0 Å². The quantitative estimate of drug-likeness (QED) is 0.866. The van der Waals surface area contributed by atoms with E-state index in [1.54, 1.807) is 17.0 Å². The van der Waals surface area contributed by atoms with Gasteiger partial charge in [-0.15, -0.1) is 0 Å². The molecule has 6 nitrogen and oxygen atoms in total. The van der Waals surface area contributed by atoms with Crippen LogP contribution >= 0.6 is 15.9 Å². The highest BCUT2D eigenvalue weighted by atomic mass is 79.9. The molecule has 2 heterocycles. The number of benzene rings is 1. The van der Waals surface area contributed by atoms with Crippen LogP contribution in [0, 0.1) is 0 Å². The molecule has 3 rings (SSSR count). The molecule has 1 aromatic heterocycles. The molecule has 0 spiro atoms. The molecule has 1 aliphatic heterocycles. The standard InChI is InChI=1S/C17H17BrN2O4/c18-15-7-6-13(24-15)17(22)19-10-16(21)20-8-9-23-14(11-20)12-4-2-1-3-5-12/h1-7,14H,8-11H2,(H,19,22). The van der Waals surface area contributed by atoms with E-state index in [-0.39, 0.29) is 24.3 Å². The number of morpholine rings is 1. The molecule has 0 radical (unpaired) electrons. The van der Waals surface area contributed by atoms with Crippen LogP contribution in [0.1, 0.15) is 22.2 Å². The second kappa shape index (κ2) is 7.63. The van der Waals surface area contributed by atoms with Gasteiger partial charge < -0.3 is 19.4 Å². The summed E-state index contributed by atoms with van der Waals surface area (Å²) in [5.74, 6) is -0.390. The number of carbonyl (C=O) groups is 2. The van der Waals surface area contributed by atoms with Crippen molar-refractivity contribution in [1.29, 1.82) is 0 Å². The van der Waals surface area contributed by atoms with Gasteiger partial charge in [0, 0.05) is 6.54 Å². The Balaban J connectivity index is 1.54. The predicted octanol–water partition coefficient (Wildman–Crippen LogP) is 2.37. The molecular formula is C17H17BrN2O4. The Morgan fingerprint density at radius 1 is 1.21 bits per heavy atom. The van der Waals surface area contributed by atoms with Crippen LogP contribution in [0.5, 0.6) is 0 Å². The van der Waals surface area contributed by atoms with Gasteiger partial charge in [0.1, 0.15) is 6.10 Å². The maximum atomic E-state index is 12.3. The van der Waals surface area contributed by atoms with E-state index >= 15 is 0 Å². The van der Waals surface area contributed by atoms with Gasteiger partial charge in [0.05, 0.1) is 19.7 Å². The Kier molecular flexibility index (Phi) is 5.32. The van der Waals surface area contributed by atoms with Crippen LogP contribution in [-0.4, -0.2) is 43.0 Å². The normalized spacial score (nSPS) is 17.5. The fourth-order valence-electron chi connectivity index (χ4n) is 2.54. The summed E-state index contributed by atoms with van der Waals surface area (Å²) in [6.45, 7) is 1.40. The number of hydrogen-bond acceptors (Lipinski definition) is 4. The zero-order chi connectivity index (χ0) is 16.9. The summed E-state index contributed by atoms with van der Waals surface area (Å²) < 4.78 is 11.4. The van der Waals surface area contributed by atoms with Crippen LogP contribution < -0.4 is 5.32 Å². The Labute approximate surface area is 147 Å². The Hall–Kier alpha value is -2.12. The molecule has 1 unspecified atom stereocenters. The fourth-order valence-corrected chi connectivity index (χ4v) is 2.84. The second-order valence-electron chi connectivity index (χ2n) is 5.40. The molecule has 2 aromatic rings. The Morgan fingerprint density at radius 2 is 2.00 bits per heavy atom. The summed E-state index contributed by atoms with van der Waals surface area (Å²) in [6, 6.07) is 13.0. The van der Waals surface area contributed by atoms with Crippen molar-refractivity contribution in [1.82, 2.24) is 10.2 Å². The van der Waals surface area contributed by atoms with E-state index in [4.69, 9.17) is 9.15 Å². The lowest BCUT2D eigenvalue weighted by Gasteiger charge is -2.33. The van der Waals surface area contributed by atoms with Gasteiger partial charge in [0.15, 0.2) is 10.4 Å². The minimum atomic E-state index is -0.415. The molecule has 126 valence electrons. The molecule has 0 aliphatic carbocycles. The number of nitrogens with one attached hydrogen (secondary N) is 1. The van der Waals surface area contributed by atoms with Crippen LogP contribution in [0.3, 0.4) is 0 Å². The summed E-state index contributed by atoms with van der Waals surface area (Å²) in [4.78, 5) is 25.9. The molecule has 0 bridgehead atoms. The molecule has 0 saturated carbocycles. The summed E-state index contributed by atoms with van der Waals surface area (Å²) in [7, 11) is 0. The number of furan rings is 1. The van der Waals surface area contributed by atoms with Crippen molar-refractivity contribution in [2.24, 2.45) is 0 Å². The van der Waals surface area contributed by atoms with Crippen LogP contribution in [0.15, 0.2) is 51.6 Å². The first-order valence-corrected chi connectivity index (χ1v) is 8.40. The summed E-state index contributed by atoms with van der Waals surface area (Å²) in [5.41, 5.74) is 1.04. The SMILES string of the molecule is O=C(NCC(=O)N1CCOC(c2ccccc2)C1)c1ccc(Br)o1. The topological polar surface area (TPSA) is 71.8 Å².